The van der Waals surface area contributed by atoms with Crippen LogP contribution >= 0.6 is 0 Å². The van der Waals surface area contributed by atoms with E-state index in [1.165, 1.54) is 12.1 Å². The molecule has 0 bridgehead atoms. The predicted molar refractivity (Wildman–Crippen MR) is 94.7 cm³/mol. The van der Waals surface area contributed by atoms with Crippen molar-refractivity contribution in [1.29, 1.82) is 0 Å². The molecule has 0 aliphatic rings. The maximum absolute atomic E-state index is 11.5. The smallest absolute Gasteiger partial charge is 0.339 e. The fourth-order valence-electron chi connectivity index (χ4n) is 2.50. The minimum absolute atomic E-state index is 0.227. The molecule has 10 heteroatoms. The van der Waals surface area contributed by atoms with Gasteiger partial charge in [0, 0.05) is 5.39 Å². The molecule has 0 spiro atoms. The first kappa shape index (κ1) is 18.3. The maximum atomic E-state index is 11.5. The molecule has 0 aliphatic carbocycles. The molecule has 4 N–H and O–H groups in total. The lowest BCUT2D eigenvalue weighted by molar-refractivity contribution is 0.0694. The summed E-state index contributed by atoms with van der Waals surface area (Å²) in [5.41, 5.74) is -1.20. The number of carbonyl (C=O) groups is 1. The van der Waals surface area contributed by atoms with Gasteiger partial charge < -0.3 is 15.3 Å². The van der Waals surface area contributed by atoms with Gasteiger partial charge in [-0.1, -0.05) is 30.3 Å². The van der Waals surface area contributed by atoms with E-state index in [0.29, 0.717) is 10.8 Å². The Bertz CT molecular complexity index is 1200. The van der Waals surface area contributed by atoms with Gasteiger partial charge in [-0.05, 0) is 23.6 Å². The van der Waals surface area contributed by atoms with Crippen molar-refractivity contribution in [3.8, 4) is 11.5 Å². The van der Waals surface area contributed by atoms with Crippen LogP contribution in [0.15, 0.2) is 63.7 Å². The molecule has 0 saturated heterocycles. The van der Waals surface area contributed by atoms with E-state index in [9.17, 15) is 33.1 Å². The van der Waals surface area contributed by atoms with Gasteiger partial charge >= 0.3 is 5.97 Å². The lowest BCUT2D eigenvalue weighted by Crippen LogP contribution is -1.98. The number of aromatic carboxylic acids is 1. The molecule has 0 saturated carbocycles. The molecule has 27 heavy (non-hydrogen) atoms. The molecule has 3 rings (SSSR count). The van der Waals surface area contributed by atoms with Crippen LogP contribution < -0.4 is 0 Å². The van der Waals surface area contributed by atoms with Crippen LogP contribution in [0.4, 0.5) is 11.4 Å². The minimum Gasteiger partial charge on any atom is -0.506 e. The lowest BCUT2D eigenvalue weighted by atomic mass is 10.0. The molecule has 0 radical (unpaired) electrons. The van der Waals surface area contributed by atoms with Crippen LogP contribution in [0.3, 0.4) is 0 Å². The number of phenols is 2. The number of phenolic OH excluding ortho intramolecular Hbond substituents is 1. The van der Waals surface area contributed by atoms with Crippen LogP contribution in [-0.2, 0) is 10.1 Å². The Labute approximate surface area is 152 Å². The van der Waals surface area contributed by atoms with Gasteiger partial charge in [0.25, 0.3) is 10.1 Å². The Kier molecular flexibility index (Phi) is 4.52. The second-order valence-electron chi connectivity index (χ2n) is 5.45. The van der Waals surface area contributed by atoms with Gasteiger partial charge in [-0.25, -0.2) is 4.79 Å². The first-order chi connectivity index (χ1) is 12.7. The normalized spacial score (nSPS) is 11.9. The molecule has 0 fully saturated rings. The Balaban J connectivity index is 2.27. The van der Waals surface area contributed by atoms with Gasteiger partial charge in [-0.3, -0.25) is 4.55 Å². The van der Waals surface area contributed by atoms with E-state index < -0.39 is 43.7 Å². The molecular weight excluding hydrogens is 376 g/mol. The molecule has 9 nitrogen and oxygen atoms in total. The lowest BCUT2D eigenvalue weighted by Gasteiger charge is -2.08. The molecule has 0 amide bonds. The average molecular weight is 388 g/mol. The summed E-state index contributed by atoms with van der Waals surface area (Å²) < 4.78 is 32.2. The number of hydrogen-bond acceptors (Lipinski definition) is 7. The van der Waals surface area contributed by atoms with Crippen LogP contribution in [0.5, 0.6) is 11.5 Å². The van der Waals surface area contributed by atoms with Crippen molar-refractivity contribution in [3.63, 3.8) is 0 Å². The van der Waals surface area contributed by atoms with Crippen molar-refractivity contribution in [2.24, 2.45) is 10.2 Å². The molecule has 0 atom stereocenters. The van der Waals surface area contributed by atoms with E-state index in [0.717, 1.165) is 12.1 Å². The summed E-state index contributed by atoms with van der Waals surface area (Å²) in [6.07, 6.45) is 0. The van der Waals surface area contributed by atoms with Crippen LogP contribution in [0.25, 0.3) is 10.8 Å². The molecule has 138 valence electrons. The molecule has 3 aromatic rings. The molecule has 0 aromatic heterocycles. The minimum atomic E-state index is -4.70. The Hall–Kier alpha value is -3.50. The monoisotopic (exact) mass is 388 g/mol. The third kappa shape index (κ3) is 3.43. The highest BCUT2D eigenvalue weighted by Gasteiger charge is 2.20. The molecule has 3 aromatic carbocycles. The first-order valence-corrected chi connectivity index (χ1v) is 8.83. The largest absolute Gasteiger partial charge is 0.506 e. The van der Waals surface area contributed by atoms with Crippen LogP contribution in [0.1, 0.15) is 10.4 Å². The van der Waals surface area contributed by atoms with Crippen molar-refractivity contribution >= 4 is 38.2 Å². The predicted octanol–water partition coefficient (Wildman–Crippen LogP) is 3.61. The van der Waals surface area contributed by atoms with E-state index in [2.05, 4.69) is 10.2 Å². The SMILES string of the molecule is O=C(O)c1cc2ccccc2c(N=Nc2c(O)cccc2S(=O)(=O)O)c1O. The number of aromatic hydroxyl groups is 2. The molecular formula is C17H12N2O7S. The molecule has 0 unspecified atom stereocenters. The summed E-state index contributed by atoms with van der Waals surface area (Å²) in [7, 11) is -4.70. The zero-order valence-electron chi connectivity index (χ0n) is 13.4. The van der Waals surface area contributed by atoms with Crippen molar-refractivity contribution < 1.29 is 33.1 Å². The fourth-order valence-corrected chi connectivity index (χ4v) is 3.14. The van der Waals surface area contributed by atoms with Gasteiger partial charge in [-0.15, -0.1) is 10.2 Å². The van der Waals surface area contributed by atoms with Crippen LogP contribution in [-0.4, -0.2) is 34.3 Å². The van der Waals surface area contributed by atoms with Gasteiger partial charge in [0.1, 0.15) is 27.6 Å². The summed E-state index contributed by atoms with van der Waals surface area (Å²) in [5.74, 6) is -2.64. The van der Waals surface area contributed by atoms with E-state index in [1.807, 2.05) is 0 Å². The summed E-state index contributed by atoms with van der Waals surface area (Å²) >= 11 is 0. The Morgan fingerprint density at radius 1 is 0.926 bits per heavy atom. The van der Waals surface area contributed by atoms with Gasteiger partial charge in [0.15, 0.2) is 5.75 Å². The average Bonchev–Trinajstić information content (AvgIpc) is 2.60. The van der Waals surface area contributed by atoms with Crippen molar-refractivity contribution in [3.05, 3.63) is 54.1 Å². The molecule has 0 aliphatic heterocycles. The van der Waals surface area contributed by atoms with Crippen LogP contribution in [0.2, 0.25) is 0 Å². The topological polar surface area (TPSA) is 157 Å². The Morgan fingerprint density at radius 2 is 1.59 bits per heavy atom. The number of hydrogen-bond donors (Lipinski definition) is 4. The summed E-state index contributed by atoms with van der Waals surface area (Å²) in [4.78, 5) is 10.7. The summed E-state index contributed by atoms with van der Waals surface area (Å²) in [6.45, 7) is 0. The highest BCUT2D eigenvalue weighted by atomic mass is 32.2. The van der Waals surface area contributed by atoms with Gasteiger partial charge in [-0.2, -0.15) is 8.42 Å². The first-order valence-electron chi connectivity index (χ1n) is 7.39. The van der Waals surface area contributed by atoms with Crippen LogP contribution in [0, 0.1) is 0 Å². The second-order valence-corrected chi connectivity index (χ2v) is 6.84. The fraction of sp³-hybridized carbons (Fsp3) is 0. The van der Waals surface area contributed by atoms with Crippen molar-refractivity contribution in [2.75, 3.05) is 0 Å². The maximum Gasteiger partial charge on any atom is 0.339 e. The number of carboxylic acid groups (broad SMARTS) is 1. The third-order valence-corrected chi connectivity index (χ3v) is 4.62. The zero-order chi connectivity index (χ0) is 19.8. The van der Waals surface area contributed by atoms with E-state index >= 15 is 0 Å². The highest BCUT2D eigenvalue weighted by Crippen LogP contribution is 2.41. The number of fused-ring (bicyclic) bond motifs is 1. The highest BCUT2D eigenvalue weighted by molar-refractivity contribution is 7.86. The van der Waals surface area contributed by atoms with E-state index in [4.69, 9.17) is 0 Å². The molecule has 0 heterocycles. The van der Waals surface area contributed by atoms with Crippen molar-refractivity contribution in [2.45, 2.75) is 4.90 Å². The standard InChI is InChI=1S/C17H12N2O7S/c20-12-6-3-7-13(27(24,25)26)15(12)19-18-14-10-5-2-1-4-9(10)8-11(16(14)21)17(22)23/h1-8,20-21H,(H,22,23)(H,24,25,26). The number of azo groups is 1. The number of carboxylic acids is 1. The van der Waals surface area contributed by atoms with E-state index in [-0.39, 0.29) is 5.69 Å². The quantitative estimate of drug-likeness (QED) is 0.393. The summed E-state index contributed by atoms with van der Waals surface area (Å²) in [6, 6.07) is 11.0. The number of nitrogens with zero attached hydrogens (tertiary/aromatic N) is 2. The third-order valence-electron chi connectivity index (χ3n) is 3.73. The summed E-state index contributed by atoms with van der Waals surface area (Å²) in [5, 5.41) is 37.6. The number of benzene rings is 3. The zero-order valence-corrected chi connectivity index (χ0v) is 14.3. The van der Waals surface area contributed by atoms with Gasteiger partial charge in [0.05, 0.1) is 0 Å². The van der Waals surface area contributed by atoms with E-state index in [1.54, 1.807) is 24.3 Å². The number of rotatable bonds is 4. The second kappa shape index (κ2) is 6.67. The Morgan fingerprint density at radius 3 is 2.26 bits per heavy atom. The van der Waals surface area contributed by atoms with Crippen molar-refractivity contribution in [1.82, 2.24) is 0 Å². The van der Waals surface area contributed by atoms with Gasteiger partial charge in [0.2, 0.25) is 0 Å².